The minimum atomic E-state index is -0.449. The van der Waals surface area contributed by atoms with Gasteiger partial charge in [-0.15, -0.1) is 21.5 Å². The summed E-state index contributed by atoms with van der Waals surface area (Å²) < 4.78 is 1.09. The Morgan fingerprint density at radius 3 is 2.55 bits per heavy atom. The number of aromatic nitrogens is 5. The predicted octanol–water partition coefficient (Wildman–Crippen LogP) is 1.73. The summed E-state index contributed by atoms with van der Waals surface area (Å²) in [5.41, 5.74) is 6.49. The van der Waals surface area contributed by atoms with Crippen molar-refractivity contribution < 1.29 is 9.59 Å². The van der Waals surface area contributed by atoms with Gasteiger partial charge in [-0.05, 0) is 17.3 Å². The van der Waals surface area contributed by atoms with Crippen molar-refractivity contribution in [3.63, 3.8) is 0 Å². The molecule has 0 atom stereocenters. The van der Waals surface area contributed by atoms with Gasteiger partial charge in [-0.25, -0.2) is 4.98 Å². The third kappa shape index (κ3) is 4.79. The van der Waals surface area contributed by atoms with Crippen LogP contribution in [0.25, 0.3) is 21.6 Å². The van der Waals surface area contributed by atoms with E-state index in [1.807, 2.05) is 54.6 Å². The fourth-order valence-corrected chi connectivity index (χ4v) is 3.60. The van der Waals surface area contributed by atoms with E-state index in [1.54, 1.807) is 11.3 Å². The number of thiazole rings is 1. The summed E-state index contributed by atoms with van der Waals surface area (Å²) in [6, 6.07) is 17.2. The summed E-state index contributed by atoms with van der Waals surface area (Å²) >= 11 is 1.56. The van der Waals surface area contributed by atoms with Crippen molar-refractivity contribution in [3.8, 4) is 11.4 Å². The molecule has 29 heavy (non-hydrogen) atoms. The SMILES string of the molecule is O=C(CCc1nc2ccccc2s1)NNC(=O)Cn1nnc(-c2ccccc2)n1. The molecule has 0 spiro atoms. The zero-order chi connectivity index (χ0) is 20.1. The first-order valence-electron chi connectivity index (χ1n) is 8.93. The van der Waals surface area contributed by atoms with Crippen LogP contribution >= 0.6 is 11.3 Å². The molecule has 2 amide bonds. The van der Waals surface area contributed by atoms with Crippen molar-refractivity contribution in [2.75, 3.05) is 0 Å². The first-order valence-corrected chi connectivity index (χ1v) is 9.74. The minimum Gasteiger partial charge on any atom is -0.273 e. The van der Waals surface area contributed by atoms with Crippen LogP contribution in [0.5, 0.6) is 0 Å². The van der Waals surface area contributed by atoms with Crippen molar-refractivity contribution in [2.45, 2.75) is 19.4 Å². The van der Waals surface area contributed by atoms with Gasteiger partial charge in [0.1, 0.15) is 6.54 Å². The summed E-state index contributed by atoms with van der Waals surface area (Å²) in [6.45, 7) is -0.155. The lowest BCUT2D eigenvalue weighted by molar-refractivity contribution is -0.129. The lowest BCUT2D eigenvalue weighted by Crippen LogP contribution is -2.43. The highest BCUT2D eigenvalue weighted by Crippen LogP contribution is 2.22. The Balaban J connectivity index is 1.23. The Kier molecular flexibility index (Phi) is 5.52. The van der Waals surface area contributed by atoms with E-state index in [4.69, 9.17) is 0 Å². The van der Waals surface area contributed by atoms with Gasteiger partial charge in [-0.1, -0.05) is 42.5 Å². The minimum absolute atomic E-state index is 0.155. The van der Waals surface area contributed by atoms with Crippen LogP contribution in [0.4, 0.5) is 0 Å². The van der Waals surface area contributed by atoms with Gasteiger partial charge in [0.15, 0.2) is 0 Å². The number of carbonyl (C=O) groups is 2. The number of hydrogen-bond donors (Lipinski definition) is 2. The van der Waals surface area contributed by atoms with Crippen LogP contribution in [0.15, 0.2) is 54.6 Å². The summed E-state index contributed by atoms with van der Waals surface area (Å²) in [6.07, 6.45) is 0.728. The number of nitrogens with zero attached hydrogens (tertiary/aromatic N) is 5. The third-order valence-electron chi connectivity index (χ3n) is 4.02. The first kappa shape index (κ1) is 18.7. The van der Waals surface area contributed by atoms with Crippen LogP contribution < -0.4 is 10.9 Å². The van der Waals surface area contributed by atoms with Gasteiger partial charge in [-0.2, -0.15) is 4.80 Å². The molecule has 0 aliphatic rings. The molecule has 146 valence electrons. The summed E-state index contributed by atoms with van der Waals surface area (Å²) in [4.78, 5) is 29.6. The molecule has 9 nitrogen and oxygen atoms in total. The Morgan fingerprint density at radius 2 is 1.72 bits per heavy atom. The molecule has 0 unspecified atom stereocenters. The molecule has 0 fully saturated rings. The molecule has 2 N–H and O–H groups in total. The summed E-state index contributed by atoms with van der Waals surface area (Å²) in [5, 5.41) is 12.8. The van der Waals surface area contributed by atoms with E-state index >= 15 is 0 Å². The van der Waals surface area contributed by atoms with E-state index in [0.717, 1.165) is 20.8 Å². The molecule has 10 heteroatoms. The van der Waals surface area contributed by atoms with E-state index in [0.29, 0.717) is 12.2 Å². The molecule has 0 aliphatic heterocycles. The topological polar surface area (TPSA) is 115 Å². The van der Waals surface area contributed by atoms with Crippen LogP contribution in [0.3, 0.4) is 0 Å². The summed E-state index contributed by atoms with van der Waals surface area (Å²) in [7, 11) is 0. The molecule has 4 aromatic rings. The summed E-state index contributed by atoms with van der Waals surface area (Å²) in [5.74, 6) is -0.317. The maximum Gasteiger partial charge on any atom is 0.262 e. The number of para-hydroxylation sites is 1. The van der Waals surface area contributed by atoms with Gasteiger partial charge in [0.2, 0.25) is 11.7 Å². The van der Waals surface area contributed by atoms with Crippen molar-refractivity contribution in [2.24, 2.45) is 0 Å². The number of amides is 2. The second-order valence-electron chi connectivity index (χ2n) is 6.18. The molecule has 0 saturated carbocycles. The Morgan fingerprint density at radius 1 is 0.966 bits per heavy atom. The number of hydrogen-bond acceptors (Lipinski definition) is 7. The zero-order valence-corrected chi connectivity index (χ0v) is 16.1. The molecular weight excluding hydrogens is 390 g/mol. The van der Waals surface area contributed by atoms with E-state index in [2.05, 4.69) is 31.2 Å². The number of benzene rings is 2. The van der Waals surface area contributed by atoms with Gasteiger partial charge in [0, 0.05) is 18.4 Å². The number of nitrogens with one attached hydrogen (secondary N) is 2. The van der Waals surface area contributed by atoms with E-state index < -0.39 is 5.91 Å². The first-order chi connectivity index (χ1) is 14.2. The normalized spacial score (nSPS) is 10.8. The lowest BCUT2D eigenvalue weighted by atomic mass is 10.2. The zero-order valence-electron chi connectivity index (χ0n) is 15.3. The van der Waals surface area contributed by atoms with Gasteiger partial charge in [0.25, 0.3) is 5.91 Å². The highest BCUT2D eigenvalue weighted by Gasteiger charge is 2.11. The van der Waals surface area contributed by atoms with Crippen LogP contribution in [-0.4, -0.2) is 37.0 Å². The molecular formula is C19H17N7O2S. The van der Waals surface area contributed by atoms with Gasteiger partial charge in [-0.3, -0.25) is 20.4 Å². The molecule has 0 saturated heterocycles. The van der Waals surface area contributed by atoms with Crippen LogP contribution in [-0.2, 0) is 22.6 Å². The number of rotatable bonds is 6. The molecule has 4 rings (SSSR count). The molecule has 0 aliphatic carbocycles. The smallest absolute Gasteiger partial charge is 0.262 e. The van der Waals surface area contributed by atoms with Crippen molar-refractivity contribution >= 4 is 33.4 Å². The Hall–Kier alpha value is -3.66. The quantitative estimate of drug-likeness (QED) is 0.471. The Labute approximate surface area is 169 Å². The fraction of sp³-hybridized carbons (Fsp3) is 0.158. The van der Waals surface area contributed by atoms with Crippen LogP contribution in [0, 0.1) is 0 Å². The number of hydrazine groups is 1. The maximum absolute atomic E-state index is 12.0. The van der Waals surface area contributed by atoms with Crippen molar-refractivity contribution in [1.82, 2.24) is 36.0 Å². The lowest BCUT2D eigenvalue weighted by Gasteiger charge is -2.06. The number of tetrazole rings is 1. The molecule has 0 bridgehead atoms. The number of carbonyl (C=O) groups excluding carboxylic acids is 2. The molecule has 2 aromatic heterocycles. The third-order valence-corrected chi connectivity index (χ3v) is 5.11. The second-order valence-corrected chi connectivity index (χ2v) is 7.30. The van der Waals surface area contributed by atoms with Crippen molar-refractivity contribution in [1.29, 1.82) is 0 Å². The van der Waals surface area contributed by atoms with Gasteiger partial charge < -0.3 is 0 Å². The highest BCUT2D eigenvalue weighted by molar-refractivity contribution is 7.18. The highest BCUT2D eigenvalue weighted by atomic mass is 32.1. The van der Waals surface area contributed by atoms with E-state index in [-0.39, 0.29) is 18.9 Å². The van der Waals surface area contributed by atoms with E-state index in [1.165, 1.54) is 4.80 Å². The average Bonchev–Trinajstić information content (AvgIpc) is 3.38. The molecule has 0 radical (unpaired) electrons. The number of fused-ring (bicyclic) bond motifs is 1. The maximum atomic E-state index is 12.0. The largest absolute Gasteiger partial charge is 0.273 e. The average molecular weight is 407 g/mol. The standard InChI is InChI=1S/C19H17N7O2S/c27-16(10-11-18-20-14-8-4-5-9-15(14)29-18)21-22-17(28)12-26-24-19(23-25-26)13-6-2-1-3-7-13/h1-9H,10-12H2,(H,21,27)(H,22,28). The molecule has 2 heterocycles. The predicted molar refractivity (Wildman–Crippen MR) is 107 cm³/mol. The van der Waals surface area contributed by atoms with Crippen LogP contribution in [0.1, 0.15) is 11.4 Å². The second kappa shape index (κ2) is 8.57. The van der Waals surface area contributed by atoms with Gasteiger partial charge in [0.05, 0.1) is 15.2 Å². The van der Waals surface area contributed by atoms with E-state index in [9.17, 15) is 9.59 Å². The van der Waals surface area contributed by atoms with Crippen molar-refractivity contribution in [3.05, 3.63) is 59.6 Å². The monoisotopic (exact) mass is 407 g/mol. The fourth-order valence-electron chi connectivity index (χ4n) is 2.63. The number of aryl methyl sites for hydroxylation is 1. The Bertz CT molecular complexity index is 1110. The van der Waals surface area contributed by atoms with Crippen LogP contribution in [0.2, 0.25) is 0 Å². The van der Waals surface area contributed by atoms with Gasteiger partial charge >= 0.3 is 0 Å². The molecule has 2 aromatic carbocycles.